The molecule has 0 atom stereocenters. The third kappa shape index (κ3) is 3.44. The molecule has 0 spiro atoms. The summed E-state index contributed by atoms with van der Waals surface area (Å²) in [5, 5.41) is 21.0. The van der Waals surface area contributed by atoms with Crippen LogP contribution in [0.25, 0.3) is 22.6 Å². The zero-order chi connectivity index (χ0) is 20.5. The van der Waals surface area contributed by atoms with E-state index in [1.54, 1.807) is 6.07 Å². The standard InChI is InChI=1S/C19H14ClN9O/c20-14-9-5-4-8-13(14)10-15-21-18-16(19(30)22-15)23-26-28(18)11-29-25-17(24-27-29)12-6-2-1-3-7-12/h1-9H,10-11H2,(H,21,22,30). The van der Waals surface area contributed by atoms with Crippen molar-refractivity contribution in [3.63, 3.8) is 0 Å². The lowest BCUT2D eigenvalue weighted by atomic mass is 10.1. The first-order valence-corrected chi connectivity index (χ1v) is 9.44. The predicted molar refractivity (Wildman–Crippen MR) is 109 cm³/mol. The van der Waals surface area contributed by atoms with Gasteiger partial charge in [0, 0.05) is 17.0 Å². The highest BCUT2D eigenvalue weighted by atomic mass is 35.5. The molecular weight excluding hydrogens is 406 g/mol. The second-order valence-corrected chi connectivity index (χ2v) is 6.94. The number of aromatic amines is 1. The number of H-pyrrole nitrogens is 1. The molecule has 0 aliphatic carbocycles. The summed E-state index contributed by atoms with van der Waals surface area (Å²) in [6.45, 7) is 0.109. The second kappa shape index (κ2) is 7.48. The van der Waals surface area contributed by atoms with Crippen LogP contribution in [0.5, 0.6) is 0 Å². The Morgan fingerprint density at radius 1 is 0.967 bits per heavy atom. The van der Waals surface area contributed by atoms with E-state index in [0.717, 1.165) is 11.1 Å². The van der Waals surface area contributed by atoms with Crippen molar-refractivity contribution >= 4 is 22.8 Å². The first-order chi connectivity index (χ1) is 14.7. The number of benzene rings is 2. The van der Waals surface area contributed by atoms with Gasteiger partial charge in [-0.1, -0.05) is 65.3 Å². The van der Waals surface area contributed by atoms with Gasteiger partial charge >= 0.3 is 0 Å². The van der Waals surface area contributed by atoms with Gasteiger partial charge in [-0.15, -0.1) is 20.1 Å². The molecule has 0 unspecified atom stereocenters. The van der Waals surface area contributed by atoms with Gasteiger partial charge in [0.15, 0.2) is 17.8 Å². The monoisotopic (exact) mass is 419 g/mol. The molecule has 148 valence electrons. The smallest absolute Gasteiger partial charge is 0.281 e. The van der Waals surface area contributed by atoms with Crippen LogP contribution >= 0.6 is 11.6 Å². The quantitative estimate of drug-likeness (QED) is 0.462. The summed E-state index contributed by atoms with van der Waals surface area (Å²) >= 11 is 6.23. The van der Waals surface area contributed by atoms with E-state index in [2.05, 4.69) is 35.7 Å². The molecule has 11 heteroatoms. The lowest BCUT2D eigenvalue weighted by Crippen LogP contribution is -2.16. The molecule has 2 aromatic carbocycles. The van der Waals surface area contributed by atoms with E-state index in [-0.39, 0.29) is 17.7 Å². The predicted octanol–water partition coefficient (Wildman–Crippen LogP) is 1.92. The second-order valence-electron chi connectivity index (χ2n) is 6.53. The van der Waals surface area contributed by atoms with E-state index < -0.39 is 0 Å². The normalized spacial score (nSPS) is 11.2. The summed E-state index contributed by atoms with van der Waals surface area (Å²) in [7, 11) is 0. The SMILES string of the molecule is O=c1[nH]c(Cc2ccccc2Cl)nc2c1nnn2Cn1nnc(-c2ccccc2)n1. The fraction of sp³-hybridized carbons (Fsp3) is 0.105. The maximum Gasteiger partial charge on any atom is 0.281 e. The molecule has 0 aliphatic rings. The molecule has 0 bridgehead atoms. The molecule has 0 fully saturated rings. The van der Waals surface area contributed by atoms with Crippen LogP contribution in [0.15, 0.2) is 59.4 Å². The zero-order valence-electron chi connectivity index (χ0n) is 15.5. The molecule has 0 saturated heterocycles. The summed E-state index contributed by atoms with van der Waals surface area (Å²) in [5.74, 6) is 0.950. The number of hydrogen-bond acceptors (Lipinski definition) is 7. The van der Waals surface area contributed by atoms with E-state index >= 15 is 0 Å². The largest absolute Gasteiger partial charge is 0.308 e. The Labute approximate surface area is 174 Å². The Hall–Kier alpha value is -3.92. The summed E-state index contributed by atoms with van der Waals surface area (Å²) in [6, 6.07) is 16.9. The average molecular weight is 420 g/mol. The topological polar surface area (TPSA) is 120 Å². The Kier molecular flexibility index (Phi) is 4.52. The number of hydrogen-bond donors (Lipinski definition) is 1. The van der Waals surface area contributed by atoms with Gasteiger partial charge in [0.2, 0.25) is 5.82 Å². The molecule has 5 aromatic rings. The maximum absolute atomic E-state index is 12.4. The summed E-state index contributed by atoms with van der Waals surface area (Å²) < 4.78 is 1.46. The molecule has 30 heavy (non-hydrogen) atoms. The molecule has 0 amide bonds. The van der Waals surface area contributed by atoms with Crippen LogP contribution in [0.3, 0.4) is 0 Å². The highest BCUT2D eigenvalue weighted by molar-refractivity contribution is 6.31. The molecule has 0 saturated carbocycles. The minimum Gasteiger partial charge on any atom is -0.308 e. The minimum absolute atomic E-state index is 0.109. The highest BCUT2D eigenvalue weighted by Gasteiger charge is 2.14. The summed E-state index contributed by atoms with van der Waals surface area (Å²) in [6.07, 6.45) is 0.371. The Balaban J connectivity index is 1.47. The Bertz CT molecular complexity index is 1390. The Morgan fingerprint density at radius 2 is 1.77 bits per heavy atom. The van der Waals surface area contributed by atoms with Gasteiger partial charge in [0.1, 0.15) is 5.82 Å². The number of fused-ring (bicyclic) bond motifs is 1. The molecular formula is C19H14ClN9O. The van der Waals surface area contributed by atoms with Crippen LogP contribution < -0.4 is 5.56 Å². The third-order valence-corrected chi connectivity index (χ3v) is 4.85. The van der Waals surface area contributed by atoms with Gasteiger partial charge in [-0.3, -0.25) is 4.79 Å². The fourth-order valence-electron chi connectivity index (χ4n) is 3.04. The summed E-state index contributed by atoms with van der Waals surface area (Å²) in [5.41, 5.74) is 1.81. The number of rotatable bonds is 5. The van der Waals surface area contributed by atoms with Crippen molar-refractivity contribution in [3.05, 3.63) is 81.4 Å². The van der Waals surface area contributed by atoms with Gasteiger partial charge < -0.3 is 4.98 Å². The van der Waals surface area contributed by atoms with E-state index in [1.807, 2.05) is 48.5 Å². The molecule has 10 nitrogen and oxygen atoms in total. The van der Waals surface area contributed by atoms with Crippen molar-refractivity contribution in [2.45, 2.75) is 13.1 Å². The van der Waals surface area contributed by atoms with Gasteiger partial charge in [-0.25, -0.2) is 9.67 Å². The highest BCUT2D eigenvalue weighted by Crippen LogP contribution is 2.17. The number of halogens is 1. The minimum atomic E-state index is -0.371. The van der Waals surface area contributed by atoms with E-state index in [0.29, 0.717) is 28.7 Å². The van der Waals surface area contributed by atoms with Crippen LogP contribution in [0.2, 0.25) is 5.02 Å². The van der Waals surface area contributed by atoms with Gasteiger partial charge in [-0.2, -0.15) is 0 Å². The zero-order valence-corrected chi connectivity index (χ0v) is 16.2. The van der Waals surface area contributed by atoms with E-state index in [4.69, 9.17) is 11.6 Å². The lowest BCUT2D eigenvalue weighted by molar-refractivity contribution is 0.442. The number of aromatic nitrogens is 9. The van der Waals surface area contributed by atoms with Crippen LogP contribution in [0.4, 0.5) is 0 Å². The lowest BCUT2D eigenvalue weighted by Gasteiger charge is -2.04. The van der Waals surface area contributed by atoms with Crippen LogP contribution in [0.1, 0.15) is 11.4 Å². The first-order valence-electron chi connectivity index (χ1n) is 9.06. The van der Waals surface area contributed by atoms with Crippen molar-refractivity contribution in [1.82, 2.24) is 45.2 Å². The third-order valence-electron chi connectivity index (χ3n) is 4.48. The Morgan fingerprint density at radius 3 is 2.60 bits per heavy atom. The number of tetrazole rings is 1. The van der Waals surface area contributed by atoms with Crippen LogP contribution in [-0.4, -0.2) is 45.2 Å². The van der Waals surface area contributed by atoms with Crippen molar-refractivity contribution in [2.24, 2.45) is 0 Å². The van der Waals surface area contributed by atoms with Gasteiger partial charge in [0.25, 0.3) is 5.56 Å². The van der Waals surface area contributed by atoms with E-state index in [1.165, 1.54) is 9.48 Å². The molecule has 1 N–H and O–H groups in total. The maximum atomic E-state index is 12.4. The van der Waals surface area contributed by atoms with Crippen molar-refractivity contribution in [1.29, 1.82) is 0 Å². The van der Waals surface area contributed by atoms with Gasteiger partial charge in [-0.05, 0) is 16.8 Å². The van der Waals surface area contributed by atoms with Crippen molar-refractivity contribution in [3.8, 4) is 11.4 Å². The average Bonchev–Trinajstić information content (AvgIpc) is 3.39. The first kappa shape index (κ1) is 18.1. The van der Waals surface area contributed by atoms with Crippen molar-refractivity contribution < 1.29 is 0 Å². The van der Waals surface area contributed by atoms with E-state index in [9.17, 15) is 4.79 Å². The molecule has 5 rings (SSSR count). The molecule has 3 aromatic heterocycles. The van der Waals surface area contributed by atoms with Gasteiger partial charge in [0.05, 0.1) is 0 Å². The molecule has 0 aliphatic heterocycles. The van der Waals surface area contributed by atoms with Crippen molar-refractivity contribution in [2.75, 3.05) is 0 Å². The van der Waals surface area contributed by atoms with Crippen LogP contribution in [0, 0.1) is 0 Å². The summed E-state index contributed by atoms with van der Waals surface area (Å²) in [4.78, 5) is 21.1. The number of nitrogens with one attached hydrogen (secondary N) is 1. The molecule has 3 heterocycles. The molecule has 0 radical (unpaired) electrons. The fourth-order valence-corrected chi connectivity index (χ4v) is 3.24. The number of nitrogens with zero attached hydrogens (tertiary/aromatic N) is 8. The van der Waals surface area contributed by atoms with Crippen LogP contribution in [-0.2, 0) is 13.1 Å².